The Labute approximate surface area is 192 Å². The molecule has 1 aromatic heterocycles. The maximum atomic E-state index is 11.9. The van der Waals surface area contributed by atoms with Gasteiger partial charge in [-0.15, -0.1) is 0 Å². The van der Waals surface area contributed by atoms with Crippen LogP contribution in [0.15, 0.2) is 11.5 Å². The molecule has 0 bridgehead atoms. The summed E-state index contributed by atoms with van der Waals surface area (Å²) in [5.41, 5.74) is 0. The van der Waals surface area contributed by atoms with Crippen molar-refractivity contribution < 1.29 is 42.9 Å². The average Bonchev–Trinajstić information content (AvgIpc) is 2.68. The lowest BCUT2D eigenvalue weighted by Crippen LogP contribution is -2.60. The van der Waals surface area contributed by atoms with Crippen LogP contribution in [0.2, 0.25) is 0 Å². The zero-order valence-corrected chi connectivity index (χ0v) is 19.6. The summed E-state index contributed by atoms with van der Waals surface area (Å²) < 4.78 is 28.5. The van der Waals surface area contributed by atoms with Crippen LogP contribution in [0, 0.1) is 4.77 Å². The molecule has 0 unspecified atom stereocenters. The molecular formula is C18H23N3O9S2. The van der Waals surface area contributed by atoms with Crippen LogP contribution in [0.5, 0.6) is 0 Å². The van der Waals surface area contributed by atoms with E-state index in [1.807, 2.05) is 0 Å². The zero-order chi connectivity index (χ0) is 24.0. The lowest BCUT2D eigenvalue weighted by molar-refractivity contribution is -0.269. The largest absolute Gasteiger partial charge is 0.463 e. The summed E-state index contributed by atoms with van der Waals surface area (Å²) in [5, 5.41) is 0.400. The van der Waals surface area contributed by atoms with Crippen LogP contribution in [-0.4, -0.2) is 75.7 Å². The number of rotatable bonds is 7. The first kappa shape index (κ1) is 25.7. The normalized spacial score (nSPS) is 24.8. The molecule has 0 radical (unpaired) electrons. The SMILES string of the molecule is CSc1ncn([C@H]2O[C@H](COC(C)=O)[C@@H](OC(C)=O)[C@H](OC(C)=O)[C@H]2OC(C)=O)c(=S)n1. The number of ether oxygens (including phenoxy) is 5. The Balaban J connectivity index is 2.59. The summed E-state index contributed by atoms with van der Waals surface area (Å²) in [6.45, 7) is 4.29. The summed E-state index contributed by atoms with van der Waals surface area (Å²) in [7, 11) is 0. The number of hydrogen-bond donors (Lipinski definition) is 0. The van der Waals surface area contributed by atoms with Gasteiger partial charge in [0.15, 0.2) is 29.7 Å². The van der Waals surface area contributed by atoms with Crippen molar-refractivity contribution in [1.82, 2.24) is 14.5 Å². The van der Waals surface area contributed by atoms with Crippen LogP contribution in [0.3, 0.4) is 0 Å². The molecule has 1 saturated heterocycles. The molecule has 32 heavy (non-hydrogen) atoms. The molecule has 1 aliphatic rings. The van der Waals surface area contributed by atoms with Gasteiger partial charge in [-0.05, 0) is 18.5 Å². The minimum atomic E-state index is -1.30. The van der Waals surface area contributed by atoms with Crippen molar-refractivity contribution in [2.45, 2.75) is 63.5 Å². The summed E-state index contributed by atoms with van der Waals surface area (Å²) in [4.78, 5) is 55.2. The van der Waals surface area contributed by atoms with Gasteiger partial charge in [-0.2, -0.15) is 4.98 Å². The predicted molar refractivity (Wildman–Crippen MR) is 110 cm³/mol. The van der Waals surface area contributed by atoms with Crippen LogP contribution in [-0.2, 0) is 42.9 Å². The maximum Gasteiger partial charge on any atom is 0.303 e. The van der Waals surface area contributed by atoms with Gasteiger partial charge in [0.2, 0.25) is 4.77 Å². The highest BCUT2D eigenvalue weighted by atomic mass is 32.2. The molecule has 1 fully saturated rings. The van der Waals surface area contributed by atoms with Crippen LogP contribution in [0.1, 0.15) is 33.9 Å². The van der Waals surface area contributed by atoms with Gasteiger partial charge in [0.05, 0.1) is 0 Å². The van der Waals surface area contributed by atoms with E-state index in [0.717, 1.165) is 20.8 Å². The molecule has 0 spiro atoms. The third kappa shape index (κ3) is 6.71. The van der Waals surface area contributed by atoms with Crippen LogP contribution in [0.4, 0.5) is 0 Å². The molecule has 1 aromatic rings. The highest BCUT2D eigenvalue weighted by Crippen LogP contribution is 2.34. The Morgan fingerprint density at radius 2 is 1.56 bits per heavy atom. The fraction of sp³-hybridized carbons (Fsp3) is 0.611. The number of esters is 4. The molecule has 12 nitrogen and oxygen atoms in total. The fourth-order valence-corrected chi connectivity index (χ4v) is 3.66. The Morgan fingerprint density at radius 3 is 2.06 bits per heavy atom. The molecular weight excluding hydrogens is 466 g/mol. The Kier molecular flexibility index (Phi) is 9.09. The first-order valence-electron chi connectivity index (χ1n) is 9.33. The topological polar surface area (TPSA) is 145 Å². The second-order valence-electron chi connectivity index (χ2n) is 6.62. The van der Waals surface area contributed by atoms with Gasteiger partial charge in [-0.25, -0.2) is 4.98 Å². The molecule has 14 heteroatoms. The molecule has 2 rings (SSSR count). The minimum Gasteiger partial charge on any atom is -0.463 e. The summed E-state index contributed by atoms with van der Waals surface area (Å²) in [5.74, 6) is -2.77. The highest BCUT2D eigenvalue weighted by Gasteiger charge is 2.53. The zero-order valence-electron chi connectivity index (χ0n) is 18.0. The summed E-state index contributed by atoms with van der Waals surface area (Å²) >= 11 is 6.59. The monoisotopic (exact) mass is 489 g/mol. The molecule has 1 aliphatic heterocycles. The van der Waals surface area contributed by atoms with E-state index in [0.29, 0.717) is 5.16 Å². The third-order valence-corrected chi connectivity index (χ3v) is 4.99. The number of aromatic nitrogens is 3. The van der Waals surface area contributed by atoms with E-state index in [1.165, 1.54) is 29.6 Å². The first-order chi connectivity index (χ1) is 15.0. The van der Waals surface area contributed by atoms with Crippen molar-refractivity contribution in [2.75, 3.05) is 12.9 Å². The number of hydrogen-bond acceptors (Lipinski definition) is 13. The maximum absolute atomic E-state index is 11.9. The van der Waals surface area contributed by atoms with Crippen LogP contribution < -0.4 is 0 Å². The van der Waals surface area contributed by atoms with Gasteiger partial charge in [0.25, 0.3) is 0 Å². The number of thioether (sulfide) groups is 1. The van der Waals surface area contributed by atoms with Crippen molar-refractivity contribution in [2.24, 2.45) is 0 Å². The van der Waals surface area contributed by atoms with E-state index in [2.05, 4.69) is 9.97 Å². The summed E-state index contributed by atoms with van der Waals surface area (Å²) in [6, 6.07) is 0. The molecule has 0 N–H and O–H groups in total. The summed E-state index contributed by atoms with van der Waals surface area (Å²) in [6.07, 6.45) is -3.01. The first-order valence-corrected chi connectivity index (χ1v) is 11.0. The number of nitrogens with zero attached hydrogens (tertiary/aromatic N) is 3. The van der Waals surface area contributed by atoms with E-state index in [-0.39, 0.29) is 11.4 Å². The second kappa shape index (κ2) is 11.3. The van der Waals surface area contributed by atoms with Gasteiger partial charge < -0.3 is 23.7 Å². The number of carbonyl (C=O) groups excluding carboxylic acids is 4. The van der Waals surface area contributed by atoms with Gasteiger partial charge >= 0.3 is 23.9 Å². The van der Waals surface area contributed by atoms with E-state index >= 15 is 0 Å². The third-order valence-electron chi connectivity index (χ3n) is 4.13. The van der Waals surface area contributed by atoms with Crippen molar-refractivity contribution in [3.05, 3.63) is 11.1 Å². The molecule has 176 valence electrons. The van der Waals surface area contributed by atoms with Gasteiger partial charge in [0, 0.05) is 27.7 Å². The molecule has 0 aliphatic carbocycles. The van der Waals surface area contributed by atoms with E-state index in [4.69, 9.17) is 35.9 Å². The lowest BCUT2D eigenvalue weighted by atomic mass is 9.97. The van der Waals surface area contributed by atoms with E-state index < -0.39 is 54.5 Å². The Morgan fingerprint density at radius 1 is 1.00 bits per heavy atom. The molecule has 0 saturated carbocycles. The standard InChI is InChI=1S/C18H23N3O9S2/c1-8(22)26-6-12-13(27-9(2)23)14(28-10(3)24)15(29-11(4)25)16(30-12)21-7-19-17(32-5)20-18(21)31/h7,12-16H,6H2,1-5H3/t12-,13-,14+,15-,16+/m1/s1. The van der Waals surface area contributed by atoms with Gasteiger partial charge in [-0.3, -0.25) is 23.7 Å². The van der Waals surface area contributed by atoms with Crippen LogP contribution >= 0.6 is 24.0 Å². The number of carbonyl (C=O) groups is 4. The van der Waals surface area contributed by atoms with Crippen LogP contribution in [0.25, 0.3) is 0 Å². The Hall–Kier alpha value is -2.58. The van der Waals surface area contributed by atoms with E-state index in [9.17, 15) is 19.2 Å². The predicted octanol–water partition coefficient (Wildman–Crippen LogP) is 0.985. The van der Waals surface area contributed by atoms with Gasteiger partial charge in [0.1, 0.15) is 19.0 Å². The average molecular weight is 490 g/mol. The fourth-order valence-electron chi connectivity index (χ4n) is 3.03. The van der Waals surface area contributed by atoms with Crippen molar-refractivity contribution in [1.29, 1.82) is 0 Å². The smallest absolute Gasteiger partial charge is 0.303 e. The Bertz CT molecular complexity index is 939. The van der Waals surface area contributed by atoms with Crippen molar-refractivity contribution in [3.63, 3.8) is 0 Å². The van der Waals surface area contributed by atoms with Gasteiger partial charge in [-0.1, -0.05) is 11.8 Å². The highest BCUT2D eigenvalue weighted by molar-refractivity contribution is 7.98. The molecule has 0 amide bonds. The van der Waals surface area contributed by atoms with Crippen molar-refractivity contribution in [3.8, 4) is 0 Å². The molecule has 0 aromatic carbocycles. The molecule has 5 atom stereocenters. The lowest BCUT2D eigenvalue weighted by Gasteiger charge is -2.44. The second-order valence-corrected chi connectivity index (χ2v) is 7.76. The quantitative estimate of drug-likeness (QED) is 0.232. The molecule has 2 heterocycles. The minimum absolute atomic E-state index is 0.0465. The van der Waals surface area contributed by atoms with Crippen molar-refractivity contribution >= 4 is 47.9 Å². The van der Waals surface area contributed by atoms with E-state index in [1.54, 1.807) is 6.26 Å².